The van der Waals surface area contributed by atoms with E-state index in [0.29, 0.717) is 31.1 Å². The second kappa shape index (κ2) is 11.9. The Morgan fingerprint density at radius 1 is 1.11 bits per heavy atom. The zero-order valence-corrected chi connectivity index (χ0v) is 21.9. The van der Waals surface area contributed by atoms with E-state index in [4.69, 9.17) is 14.2 Å². The monoisotopic (exact) mass is 542 g/mol. The van der Waals surface area contributed by atoms with Crippen LogP contribution < -0.4 is 4.74 Å². The molecule has 1 atom stereocenters. The quantitative estimate of drug-likeness (QED) is 0.210. The van der Waals surface area contributed by atoms with Gasteiger partial charge in [-0.2, -0.15) is 4.31 Å². The summed E-state index contributed by atoms with van der Waals surface area (Å²) in [5, 5.41) is 11.2. The van der Waals surface area contributed by atoms with Crippen molar-refractivity contribution in [1.29, 1.82) is 0 Å². The lowest BCUT2D eigenvalue weighted by molar-refractivity contribution is -0.140. The Morgan fingerprint density at radius 3 is 2.37 bits per heavy atom. The fourth-order valence-electron chi connectivity index (χ4n) is 4.42. The first-order chi connectivity index (χ1) is 18.3. The minimum atomic E-state index is -3.73. The molecule has 4 rings (SSSR count). The molecule has 2 fully saturated rings. The molecule has 0 saturated carbocycles. The fourth-order valence-corrected chi connectivity index (χ4v) is 5.83. The molecule has 10 nitrogen and oxygen atoms in total. The number of aliphatic hydroxyl groups is 1. The summed E-state index contributed by atoms with van der Waals surface area (Å²) in [5.41, 5.74) is 0.723. The van der Waals surface area contributed by atoms with Gasteiger partial charge in [-0.15, -0.1) is 0 Å². The van der Waals surface area contributed by atoms with Crippen LogP contribution in [0.3, 0.4) is 0 Å². The lowest BCUT2D eigenvalue weighted by Crippen LogP contribution is -2.40. The minimum absolute atomic E-state index is 0.0585. The number of benzene rings is 2. The number of aliphatic hydroxyl groups excluding tert-OH is 1. The predicted molar refractivity (Wildman–Crippen MR) is 139 cm³/mol. The Morgan fingerprint density at radius 2 is 1.76 bits per heavy atom. The van der Waals surface area contributed by atoms with Crippen LogP contribution >= 0.6 is 0 Å². The maximum absolute atomic E-state index is 13.1. The zero-order chi connectivity index (χ0) is 27.3. The van der Waals surface area contributed by atoms with Crippen LogP contribution in [0.15, 0.2) is 71.7 Å². The van der Waals surface area contributed by atoms with Gasteiger partial charge in [0.2, 0.25) is 10.0 Å². The number of carbonyl (C=O) groups is 2. The first-order valence-corrected chi connectivity index (χ1v) is 13.5. The summed E-state index contributed by atoms with van der Waals surface area (Å²) >= 11 is 0. The highest BCUT2D eigenvalue weighted by molar-refractivity contribution is 7.89. The van der Waals surface area contributed by atoms with Crippen LogP contribution in [0.5, 0.6) is 5.75 Å². The number of carbonyl (C=O) groups excluding carboxylic acids is 2. The Labute approximate surface area is 221 Å². The van der Waals surface area contributed by atoms with Crippen molar-refractivity contribution >= 4 is 27.5 Å². The van der Waals surface area contributed by atoms with Crippen LogP contribution in [0.2, 0.25) is 0 Å². The highest BCUT2D eigenvalue weighted by atomic mass is 32.2. The number of hydrogen-bond acceptors (Lipinski definition) is 8. The number of methoxy groups -OCH3 is 1. The van der Waals surface area contributed by atoms with E-state index in [1.54, 1.807) is 30.3 Å². The Balaban J connectivity index is 1.71. The van der Waals surface area contributed by atoms with Crippen LogP contribution in [0.1, 0.15) is 17.2 Å². The Kier molecular flexibility index (Phi) is 8.62. The van der Waals surface area contributed by atoms with E-state index in [1.807, 2.05) is 0 Å². The van der Waals surface area contributed by atoms with E-state index in [9.17, 15) is 23.1 Å². The van der Waals surface area contributed by atoms with Gasteiger partial charge in [-0.25, -0.2) is 8.42 Å². The van der Waals surface area contributed by atoms with Crippen LogP contribution in [0.4, 0.5) is 0 Å². The number of likely N-dealkylation sites (tertiary alicyclic amines) is 1. The van der Waals surface area contributed by atoms with Gasteiger partial charge >= 0.3 is 0 Å². The molecular weight excluding hydrogens is 512 g/mol. The van der Waals surface area contributed by atoms with Crippen LogP contribution in [-0.4, -0.2) is 87.6 Å². The highest BCUT2D eigenvalue weighted by Gasteiger charge is 2.46. The number of morpholine rings is 1. The SMILES string of the molecule is C=CCOc1ccc(C2C(=C(O)c3ccc(S(=O)(=O)N4CCOCC4)cc3)C(=O)C(=O)N2CCOC)cc1. The van der Waals surface area contributed by atoms with Crippen molar-refractivity contribution in [3.8, 4) is 5.75 Å². The first kappa shape index (κ1) is 27.5. The number of sulfonamides is 1. The molecule has 1 unspecified atom stereocenters. The number of nitrogens with zero attached hydrogens (tertiary/aromatic N) is 2. The second-order valence-electron chi connectivity index (χ2n) is 8.69. The summed E-state index contributed by atoms with van der Waals surface area (Å²) in [6, 6.07) is 11.6. The van der Waals surface area contributed by atoms with Gasteiger partial charge in [0.05, 0.1) is 36.3 Å². The number of Topliss-reactive ketones (excluding diaryl/α,β-unsaturated/α-hetero) is 1. The van der Waals surface area contributed by atoms with Gasteiger partial charge in [0, 0.05) is 32.3 Å². The zero-order valence-electron chi connectivity index (χ0n) is 21.0. The molecule has 0 bridgehead atoms. The van der Waals surface area contributed by atoms with Gasteiger partial charge in [-0.3, -0.25) is 9.59 Å². The summed E-state index contributed by atoms with van der Waals surface area (Å²) in [5.74, 6) is -1.40. The number of hydrogen-bond donors (Lipinski definition) is 1. The number of ether oxygens (including phenoxy) is 3. The van der Waals surface area contributed by atoms with E-state index in [2.05, 4.69) is 6.58 Å². The van der Waals surface area contributed by atoms with Gasteiger partial charge in [0.25, 0.3) is 11.7 Å². The van der Waals surface area contributed by atoms with Gasteiger partial charge in [0.1, 0.15) is 18.1 Å². The van der Waals surface area contributed by atoms with Gasteiger partial charge in [-0.1, -0.05) is 24.8 Å². The smallest absolute Gasteiger partial charge is 0.295 e. The van der Waals surface area contributed by atoms with Gasteiger partial charge in [0.15, 0.2) is 0 Å². The molecule has 1 amide bonds. The summed E-state index contributed by atoms with van der Waals surface area (Å²) in [7, 11) is -2.24. The number of rotatable bonds is 10. The highest BCUT2D eigenvalue weighted by Crippen LogP contribution is 2.39. The van der Waals surface area contributed by atoms with Crippen LogP contribution in [0.25, 0.3) is 5.76 Å². The molecular formula is C27H30N2O8S. The Hall–Kier alpha value is -3.51. The lowest BCUT2D eigenvalue weighted by Gasteiger charge is -2.26. The summed E-state index contributed by atoms with van der Waals surface area (Å²) in [6.07, 6.45) is 1.62. The third-order valence-corrected chi connectivity index (χ3v) is 8.29. The maximum atomic E-state index is 13.1. The maximum Gasteiger partial charge on any atom is 0.295 e. The topological polar surface area (TPSA) is 123 Å². The Bertz CT molecular complexity index is 1310. The number of amides is 1. The summed E-state index contributed by atoms with van der Waals surface area (Å²) in [6.45, 7) is 5.42. The van der Waals surface area contributed by atoms with Crippen molar-refractivity contribution in [2.24, 2.45) is 0 Å². The second-order valence-corrected chi connectivity index (χ2v) is 10.6. The number of ketones is 1. The molecule has 2 heterocycles. The van der Waals surface area contributed by atoms with E-state index in [-0.39, 0.29) is 42.3 Å². The summed E-state index contributed by atoms with van der Waals surface area (Å²) < 4.78 is 43.1. The summed E-state index contributed by atoms with van der Waals surface area (Å²) in [4.78, 5) is 27.5. The molecule has 0 spiro atoms. The lowest BCUT2D eigenvalue weighted by atomic mass is 9.95. The standard InChI is InChI=1S/C27H30N2O8S/c1-3-15-37-21-8-4-19(5-9-21)24-23(26(31)27(32)29(24)14-16-35-2)25(30)20-6-10-22(11-7-20)38(33,34)28-12-17-36-18-13-28/h3-11,24,30H,1,12-18H2,2H3. The van der Waals surface area contributed by atoms with Crippen LogP contribution in [-0.2, 0) is 29.1 Å². The molecule has 2 aliphatic rings. The molecule has 2 aromatic rings. The van der Waals surface area contributed by atoms with E-state index >= 15 is 0 Å². The molecule has 1 N–H and O–H groups in total. The first-order valence-electron chi connectivity index (χ1n) is 12.1. The van der Waals surface area contributed by atoms with Gasteiger partial charge < -0.3 is 24.2 Å². The fraction of sp³-hybridized carbons (Fsp3) is 0.333. The van der Waals surface area contributed by atoms with Crippen molar-refractivity contribution in [1.82, 2.24) is 9.21 Å². The molecule has 202 valence electrons. The average molecular weight is 543 g/mol. The predicted octanol–water partition coefficient (Wildman–Crippen LogP) is 2.34. The van der Waals surface area contributed by atoms with Crippen molar-refractivity contribution < 1.29 is 37.3 Å². The molecule has 0 radical (unpaired) electrons. The third kappa shape index (κ3) is 5.51. The molecule has 0 aromatic heterocycles. The largest absolute Gasteiger partial charge is 0.507 e. The van der Waals surface area contributed by atoms with E-state index in [0.717, 1.165) is 0 Å². The molecule has 2 aliphatic heterocycles. The molecule has 38 heavy (non-hydrogen) atoms. The molecule has 0 aliphatic carbocycles. The molecule has 2 aromatic carbocycles. The molecule has 11 heteroatoms. The minimum Gasteiger partial charge on any atom is -0.507 e. The third-order valence-electron chi connectivity index (χ3n) is 6.38. The van der Waals surface area contributed by atoms with E-state index < -0.39 is 33.5 Å². The van der Waals surface area contributed by atoms with Crippen LogP contribution in [0, 0.1) is 0 Å². The average Bonchev–Trinajstić information content (AvgIpc) is 3.20. The molecule has 2 saturated heterocycles. The van der Waals surface area contributed by atoms with Crippen molar-refractivity contribution in [2.75, 3.05) is 53.2 Å². The van der Waals surface area contributed by atoms with Gasteiger partial charge in [-0.05, 0) is 42.0 Å². The van der Waals surface area contributed by atoms with Crippen molar-refractivity contribution in [2.45, 2.75) is 10.9 Å². The van der Waals surface area contributed by atoms with Crippen molar-refractivity contribution in [3.63, 3.8) is 0 Å². The van der Waals surface area contributed by atoms with Crippen molar-refractivity contribution in [3.05, 3.63) is 77.9 Å². The van der Waals surface area contributed by atoms with E-state index in [1.165, 1.54) is 40.6 Å². The normalized spacial score (nSPS) is 20.0.